The second-order valence-corrected chi connectivity index (χ2v) is 8.62. The van der Waals surface area contributed by atoms with Gasteiger partial charge in [-0.15, -0.1) is 0 Å². The fourth-order valence-electron chi connectivity index (χ4n) is 4.97. The van der Waals surface area contributed by atoms with Gasteiger partial charge in [-0.25, -0.2) is 0 Å². The van der Waals surface area contributed by atoms with Crippen molar-refractivity contribution in [1.82, 2.24) is 10.6 Å². The lowest BCUT2D eigenvalue weighted by atomic mass is 9.81. The molecule has 24 heavy (non-hydrogen) atoms. The van der Waals surface area contributed by atoms with Crippen LogP contribution in [-0.2, 0) is 0 Å². The molecule has 0 spiro atoms. The van der Waals surface area contributed by atoms with Crippen LogP contribution in [0.15, 0.2) is 0 Å². The molecule has 3 saturated carbocycles. The minimum Gasteiger partial charge on any atom is -0.392 e. The average Bonchev–Trinajstić information content (AvgIpc) is 2.61. The van der Waals surface area contributed by atoms with Crippen LogP contribution in [0.1, 0.15) is 77.0 Å². The quantitative estimate of drug-likeness (QED) is 0.601. The summed E-state index contributed by atoms with van der Waals surface area (Å²) >= 11 is 0. The van der Waals surface area contributed by atoms with E-state index in [-0.39, 0.29) is 12.2 Å². The second-order valence-electron chi connectivity index (χ2n) is 8.62. The van der Waals surface area contributed by atoms with Crippen LogP contribution in [0.3, 0.4) is 0 Å². The van der Waals surface area contributed by atoms with Crippen LogP contribution in [0.4, 0.5) is 0 Å². The maximum atomic E-state index is 10.1. The summed E-state index contributed by atoms with van der Waals surface area (Å²) in [5.41, 5.74) is 0. The van der Waals surface area contributed by atoms with Gasteiger partial charge in [0.25, 0.3) is 0 Å². The highest BCUT2D eigenvalue weighted by atomic mass is 16.3. The number of hydrogen-bond acceptors (Lipinski definition) is 4. The van der Waals surface area contributed by atoms with E-state index < -0.39 is 0 Å². The zero-order chi connectivity index (χ0) is 16.8. The molecule has 3 aliphatic carbocycles. The largest absolute Gasteiger partial charge is 0.392 e. The maximum absolute atomic E-state index is 10.1. The molecule has 0 aromatic rings. The van der Waals surface area contributed by atoms with E-state index in [9.17, 15) is 10.2 Å². The summed E-state index contributed by atoms with van der Waals surface area (Å²) in [5.74, 6) is 1.58. The number of rotatable bonds is 6. The molecule has 4 atom stereocenters. The summed E-state index contributed by atoms with van der Waals surface area (Å²) < 4.78 is 0. The van der Waals surface area contributed by atoms with Gasteiger partial charge in [-0.1, -0.05) is 25.7 Å². The standard InChI is InChI=1S/C20H38N2O2/c23-19-7-3-1-5-17(19)21-13-15-9-11-16(12-10-15)14-22-18-6-2-4-8-20(18)24/h15-24H,1-14H2/t15?,16?,17-,18-,19+,20+/m0/s1. The minimum atomic E-state index is -0.124. The highest BCUT2D eigenvalue weighted by Crippen LogP contribution is 2.29. The van der Waals surface area contributed by atoms with Gasteiger partial charge < -0.3 is 20.8 Å². The molecule has 3 aliphatic rings. The van der Waals surface area contributed by atoms with Crippen LogP contribution in [0.2, 0.25) is 0 Å². The molecule has 0 aromatic heterocycles. The number of hydrogen-bond donors (Lipinski definition) is 4. The summed E-state index contributed by atoms with van der Waals surface area (Å²) in [6.07, 6.45) is 14.2. The van der Waals surface area contributed by atoms with Crippen molar-refractivity contribution in [2.75, 3.05) is 13.1 Å². The molecule has 4 nitrogen and oxygen atoms in total. The minimum absolute atomic E-state index is 0.124. The van der Waals surface area contributed by atoms with Crippen molar-refractivity contribution in [3.8, 4) is 0 Å². The number of nitrogens with one attached hydrogen (secondary N) is 2. The Morgan fingerprint density at radius 3 is 1.29 bits per heavy atom. The third-order valence-corrected chi connectivity index (χ3v) is 6.76. The Labute approximate surface area is 147 Å². The Balaban J connectivity index is 1.29. The summed E-state index contributed by atoms with van der Waals surface area (Å²) in [7, 11) is 0. The fraction of sp³-hybridized carbons (Fsp3) is 1.00. The molecule has 140 valence electrons. The van der Waals surface area contributed by atoms with E-state index in [4.69, 9.17) is 0 Å². The number of aliphatic hydroxyl groups excluding tert-OH is 2. The number of aliphatic hydroxyl groups is 2. The van der Waals surface area contributed by atoms with Crippen molar-refractivity contribution < 1.29 is 10.2 Å². The Morgan fingerprint density at radius 1 is 0.542 bits per heavy atom. The van der Waals surface area contributed by atoms with Crippen molar-refractivity contribution in [2.24, 2.45) is 11.8 Å². The first kappa shape index (κ1) is 18.6. The highest BCUT2D eigenvalue weighted by Gasteiger charge is 2.27. The van der Waals surface area contributed by atoms with Crippen LogP contribution in [0, 0.1) is 11.8 Å². The van der Waals surface area contributed by atoms with Gasteiger partial charge in [0.2, 0.25) is 0 Å². The second kappa shape index (κ2) is 9.51. The lowest BCUT2D eigenvalue weighted by molar-refractivity contribution is 0.0832. The summed E-state index contributed by atoms with van der Waals surface area (Å²) in [6.45, 7) is 2.17. The zero-order valence-corrected chi connectivity index (χ0v) is 15.3. The predicted octanol–water partition coefficient (Wildman–Crippen LogP) is 2.58. The van der Waals surface area contributed by atoms with E-state index in [0.29, 0.717) is 12.1 Å². The summed E-state index contributed by atoms with van der Waals surface area (Å²) in [6, 6.07) is 0.678. The van der Waals surface area contributed by atoms with Crippen molar-refractivity contribution in [2.45, 2.75) is 101 Å². The van der Waals surface area contributed by atoms with Crippen molar-refractivity contribution >= 4 is 0 Å². The van der Waals surface area contributed by atoms with Gasteiger partial charge in [0.05, 0.1) is 12.2 Å². The van der Waals surface area contributed by atoms with Crippen LogP contribution in [-0.4, -0.2) is 47.6 Å². The molecule has 0 aliphatic heterocycles. The van der Waals surface area contributed by atoms with E-state index in [0.717, 1.165) is 50.6 Å². The van der Waals surface area contributed by atoms with E-state index in [1.807, 2.05) is 0 Å². The molecule has 0 aromatic carbocycles. The zero-order valence-electron chi connectivity index (χ0n) is 15.3. The molecule has 0 bridgehead atoms. The fourth-order valence-corrected chi connectivity index (χ4v) is 4.97. The van der Waals surface area contributed by atoms with Crippen molar-refractivity contribution in [3.05, 3.63) is 0 Å². The predicted molar refractivity (Wildman–Crippen MR) is 98.0 cm³/mol. The lowest BCUT2D eigenvalue weighted by Gasteiger charge is -2.34. The average molecular weight is 339 g/mol. The van der Waals surface area contributed by atoms with Gasteiger partial charge in [-0.05, 0) is 76.3 Å². The van der Waals surface area contributed by atoms with E-state index >= 15 is 0 Å². The summed E-state index contributed by atoms with van der Waals surface area (Å²) in [4.78, 5) is 0. The normalized spacial score (nSPS) is 41.2. The SMILES string of the molecule is O[C@@H]1CCCC[C@@H]1NCC1CCC(CN[C@H]2CCCC[C@H]2O)CC1. The molecule has 0 saturated heterocycles. The van der Waals surface area contributed by atoms with Gasteiger partial charge >= 0.3 is 0 Å². The third-order valence-electron chi connectivity index (χ3n) is 6.76. The molecule has 0 radical (unpaired) electrons. The van der Waals surface area contributed by atoms with E-state index in [1.54, 1.807) is 0 Å². The van der Waals surface area contributed by atoms with Crippen LogP contribution in [0.5, 0.6) is 0 Å². The van der Waals surface area contributed by atoms with E-state index in [2.05, 4.69) is 10.6 Å². The molecule has 4 heteroatoms. The molecule has 0 unspecified atom stereocenters. The first-order chi connectivity index (χ1) is 11.7. The topological polar surface area (TPSA) is 64.5 Å². The van der Waals surface area contributed by atoms with Crippen molar-refractivity contribution in [3.63, 3.8) is 0 Å². The molecular weight excluding hydrogens is 300 g/mol. The van der Waals surface area contributed by atoms with Crippen LogP contribution in [0.25, 0.3) is 0 Å². The summed E-state index contributed by atoms with van der Waals surface area (Å²) in [5, 5.41) is 27.4. The van der Waals surface area contributed by atoms with Crippen LogP contribution >= 0.6 is 0 Å². The van der Waals surface area contributed by atoms with E-state index in [1.165, 1.54) is 51.4 Å². The van der Waals surface area contributed by atoms with Gasteiger partial charge in [0.1, 0.15) is 0 Å². The molecule has 3 rings (SSSR count). The molecule has 4 N–H and O–H groups in total. The highest BCUT2D eigenvalue weighted by molar-refractivity contribution is 4.84. The Kier molecular flexibility index (Phi) is 7.38. The molecule has 0 heterocycles. The van der Waals surface area contributed by atoms with Gasteiger partial charge in [-0.2, -0.15) is 0 Å². The van der Waals surface area contributed by atoms with Gasteiger partial charge in [-0.3, -0.25) is 0 Å². The Hall–Kier alpha value is -0.160. The maximum Gasteiger partial charge on any atom is 0.0693 e. The first-order valence-corrected chi connectivity index (χ1v) is 10.6. The monoisotopic (exact) mass is 338 g/mol. The smallest absolute Gasteiger partial charge is 0.0693 e. The lowest BCUT2D eigenvalue weighted by Crippen LogP contribution is -2.45. The van der Waals surface area contributed by atoms with Gasteiger partial charge in [0, 0.05) is 12.1 Å². The van der Waals surface area contributed by atoms with Crippen molar-refractivity contribution in [1.29, 1.82) is 0 Å². The Morgan fingerprint density at radius 2 is 0.917 bits per heavy atom. The molecule has 0 amide bonds. The first-order valence-electron chi connectivity index (χ1n) is 10.6. The van der Waals surface area contributed by atoms with Gasteiger partial charge in [0.15, 0.2) is 0 Å². The molecule has 3 fully saturated rings. The van der Waals surface area contributed by atoms with Crippen LogP contribution < -0.4 is 10.6 Å². The molecular formula is C20H38N2O2. The Bertz CT molecular complexity index is 324. The third kappa shape index (κ3) is 5.42.